The maximum atomic E-state index is 14.4. The van der Waals surface area contributed by atoms with Crippen molar-refractivity contribution >= 4 is 17.3 Å². The monoisotopic (exact) mass is 468 g/mol. The van der Waals surface area contributed by atoms with Gasteiger partial charge in [0.1, 0.15) is 5.82 Å². The second-order valence-corrected chi connectivity index (χ2v) is 8.85. The second kappa shape index (κ2) is 8.83. The normalized spacial score (nSPS) is 16.0. The van der Waals surface area contributed by atoms with Gasteiger partial charge >= 0.3 is 6.03 Å². The third kappa shape index (κ3) is 4.21. The highest BCUT2D eigenvalue weighted by Gasteiger charge is 2.36. The lowest BCUT2D eigenvalue weighted by atomic mass is 9.94. The molecule has 2 amide bonds. The number of nitrogens with zero attached hydrogens (tertiary/aromatic N) is 3. The molecule has 0 bridgehead atoms. The number of hydrogen-bond acceptors (Lipinski definition) is 4. The lowest BCUT2D eigenvalue weighted by Gasteiger charge is -2.35. The van der Waals surface area contributed by atoms with E-state index < -0.39 is 6.04 Å². The number of benzene rings is 3. The molecule has 176 valence electrons. The number of aromatic nitrogens is 2. The highest BCUT2D eigenvalue weighted by molar-refractivity contribution is 6.01. The zero-order chi connectivity index (χ0) is 24.7. The summed E-state index contributed by atoms with van der Waals surface area (Å²) in [6, 6.07) is 19.6. The number of anilines is 1. The first-order chi connectivity index (χ1) is 16.8. The summed E-state index contributed by atoms with van der Waals surface area (Å²) < 4.78 is 20.1. The van der Waals surface area contributed by atoms with Gasteiger partial charge in [-0.1, -0.05) is 70.9 Å². The number of hydrogen-bond donors (Lipinski definition) is 1. The predicted octanol–water partition coefficient (Wildman–Crippen LogP) is 6.50. The summed E-state index contributed by atoms with van der Waals surface area (Å²) >= 11 is 0. The topological polar surface area (TPSA) is 71.3 Å². The van der Waals surface area contributed by atoms with Crippen LogP contribution in [-0.4, -0.2) is 16.2 Å². The van der Waals surface area contributed by atoms with Crippen LogP contribution in [0.5, 0.6) is 0 Å². The van der Waals surface area contributed by atoms with Gasteiger partial charge in [0.2, 0.25) is 5.82 Å². The first-order valence-corrected chi connectivity index (χ1v) is 11.4. The molecule has 0 saturated heterocycles. The summed E-state index contributed by atoms with van der Waals surface area (Å²) in [7, 11) is 0. The molecule has 0 spiro atoms. The lowest BCUT2D eigenvalue weighted by molar-refractivity contribution is 0.244. The summed E-state index contributed by atoms with van der Waals surface area (Å²) in [5, 5.41) is 7.25. The van der Waals surface area contributed by atoms with Crippen molar-refractivity contribution < 1.29 is 13.7 Å². The van der Waals surface area contributed by atoms with E-state index >= 15 is 0 Å². The highest BCUT2D eigenvalue weighted by atomic mass is 19.1. The Labute approximate surface area is 203 Å². The van der Waals surface area contributed by atoms with Crippen LogP contribution >= 0.6 is 0 Å². The molecule has 2 heterocycles. The van der Waals surface area contributed by atoms with Crippen LogP contribution in [0.2, 0.25) is 0 Å². The number of carbonyl (C=O) groups is 1. The van der Waals surface area contributed by atoms with Crippen LogP contribution in [0.15, 0.2) is 77.0 Å². The minimum absolute atomic E-state index is 0.293. The SMILES string of the molecule is CC1=C(c2nc(-c3ccc(C)cc3)no2)C(c2ccc(C)cc2)NC(=O)N1c1ccc(C)c(F)c1. The van der Waals surface area contributed by atoms with Crippen LogP contribution in [0.4, 0.5) is 14.9 Å². The molecule has 7 heteroatoms. The lowest BCUT2D eigenvalue weighted by Crippen LogP contribution is -2.46. The van der Waals surface area contributed by atoms with Crippen molar-refractivity contribution in [3.63, 3.8) is 0 Å². The van der Waals surface area contributed by atoms with Crippen LogP contribution in [0.3, 0.4) is 0 Å². The molecule has 1 aromatic heterocycles. The second-order valence-electron chi connectivity index (χ2n) is 8.85. The van der Waals surface area contributed by atoms with Gasteiger partial charge in [-0.25, -0.2) is 9.18 Å². The quantitative estimate of drug-likeness (QED) is 0.371. The van der Waals surface area contributed by atoms with Crippen molar-refractivity contribution in [2.45, 2.75) is 33.7 Å². The van der Waals surface area contributed by atoms with E-state index in [1.807, 2.05) is 69.3 Å². The van der Waals surface area contributed by atoms with E-state index in [0.29, 0.717) is 34.2 Å². The molecule has 35 heavy (non-hydrogen) atoms. The van der Waals surface area contributed by atoms with Gasteiger partial charge in [0.25, 0.3) is 5.89 Å². The van der Waals surface area contributed by atoms with Crippen LogP contribution in [0.1, 0.15) is 41.1 Å². The van der Waals surface area contributed by atoms with Crippen LogP contribution in [-0.2, 0) is 0 Å². The fourth-order valence-electron chi connectivity index (χ4n) is 4.21. The number of nitrogens with one attached hydrogen (secondary N) is 1. The Morgan fingerprint density at radius 2 is 1.57 bits per heavy atom. The Kier molecular flexibility index (Phi) is 5.68. The molecule has 0 saturated carbocycles. The van der Waals surface area contributed by atoms with Gasteiger partial charge in [-0.3, -0.25) is 4.90 Å². The van der Waals surface area contributed by atoms with Crippen LogP contribution in [0, 0.1) is 26.6 Å². The number of rotatable bonds is 4. The summed E-state index contributed by atoms with van der Waals surface area (Å²) in [5.41, 5.74) is 6.10. The molecule has 1 atom stereocenters. The zero-order valence-corrected chi connectivity index (χ0v) is 20.0. The van der Waals surface area contributed by atoms with Gasteiger partial charge in [0.15, 0.2) is 0 Å². The van der Waals surface area contributed by atoms with Gasteiger partial charge in [-0.2, -0.15) is 4.98 Å². The van der Waals surface area contributed by atoms with Gasteiger partial charge in [-0.05, 0) is 51.0 Å². The minimum Gasteiger partial charge on any atom is -0.334 e. The molecule has 0 aliphatic carbocycles. The molecule has 5 rings (SSSR count). The number of carbonyl (C=O) groups excluding carboxylic acids is 1. The average Bonchev–Trinajstić information content (AvgIpc) is 3.31. The van der Waals surface area contributed by atoms with Crippen LogP contribution in [0.25, 0.3) is 17.0 Å². The number of allylic oxidation sites excluding steroid dienone is 1. The Morgan fingerprint density at radius 3 is 2.23 bits per heavy atom. The van der Waals surface area contributed by atoms with Crippen molar-refractivity contribution in [1.29, 1.82) is 0 Å². The minimum atomic E-state index is -0.513. The molecule has 1 aliphatic rings. The summed E-state index contributed by atoms with van der Waals surface area (Å²) in [6.07, 6.45) is 0. The number of halogens is 1. The van der Waals surface area contributed by atoms with Crippen molar-refractivity contribution in [2.75, 3.05) is 4.90 Å². The first kappa shape index (κ1) is 22.5. The summed E-state index contributed by atoms with van der Waals surface area (Å²) in [5.74, 6) is 0.360. The predicted molar refractivity (Wildman–Crippen MR) is 133 cm³/mol. The molecule has 0 fully saturated rings. The van der Waals surface area contributed by atoms with E-state index in [2.05, 4.69) is 15.5 Å². The van der Waals surface area contributed by atoms with Crippen molar-refractivity contribution in [3.8, 4) is 11.4 Å². The maximum absolute atomic E-state index is 14.4. The van der Waals surface area contributed by atoms with E-state index in [1.165, 1.54) is 11.0 Å². The highest BCUT2D eigenvalue weighted by Crippen LogP contribution is 2.39. The summed E-state index contributed by atoms with van der Waals surface area (Å²) in [6.45, 7) is 7.51. The molecule has 1 N–H and O–H groups in total. The molecular formula is C28H25FN4O2. The Bertz CT molecular complexity index is 1440. The molecule has 3 aromatic carbocycles. The standard InChI is InChI=1S/C28H25FN4O2/c1-16-5-10-20(11-6-16)25-24(27-31-26(32-35-27)21-12-7-17(2)8-13-21)19(4)33(28(34)30-25)22-14-9-18(3)23(29)15-22/h5-15,25H,1-4H3,(H,30,34). The Balaban J connectivity index is 1.65. The molecule has 0 radical (unpaired) electrons. The largest absolute Gasteiger partial charge is 0.334 e. The third-order valence-electron chi connectivity index (χ3n) is 6.28. The fraction of sp³-hybridized carbons (Fsp3) is 0.179. The molecule has 1 unspecified atom stereocenters. The van der Waals surface area contributed by atoms with Gasteiger partial charge < -0.3 is 9.84 Å². The van der Waals surface area contributed by atoms with E-state index in [4.69, 9.17) is 4.52 Å². The van der Waals surface area contributed by atoms with Gasteiger partial charge in [0.05, 0.1) is 17.3 Å². The molecule has 1 aliphatic heterocycles. The van der Waals surface area contributed by atoms with E-state index in [-0.39, 0.29) is 11.8 Å². The van der Waals surface area contributed by atoms with E-state index in [1.54, 1.807) is 19.1 Å². The Hall–Kier alpha value is -4.26. The first-order valence-electron chi connectivity index (χ1n) is 11.4. The number of urea groups is 1. The zero-order valence-electron chi connectivity index (χ0n) is 20.0. The van der Waals surface area contributed by atoms with Crippen molar-refractivity contribution in [1.82, 2.24) is 15.5 Å². The molecule has 6 nitrogen and oxygen atoms in total. The van der Waals surface area contributed by atoms with Crippen LogP contribution < -0.4 is 10.2 Å². The number of aryl methyl sites for hydroxylation is 3. The fourth-order valence-corrected chi connectivity index (χ4v) is 4.21. The van der Waals surface area contributed by atoms with Crippen molar-refractivity contribution in [2.24, 2.45) is 0 Å². The van der Waals surface area contributed by atoms with E-state index in [9.17, 15) is 9.18 Å². The van der Waals surface area contributed by atoms with Crippen molar-refractivity contribution in [3.05, 3.63) is 106 Å². The average molecular weight is 469 g/mol. The smallest absolute Gasteiger partial charge is 0.327 e. The molecule has 4 aromatic rings. The van der Waals surface area contributed by atoms with E-state index in [0.717, 1.165) is 22.3 Å². The third-order valence-corrected chi connectivity index (χ3v) is 6.28. The van der Waals surface area contributed by atoms with Gasteiger partial charge in [0, 0.05) is 11.3 Å². The summed E-state index contributed by atoms with van der Waals surface area (Å²) in [4.78, 5) is 19.4. The Morgan fingerprint density at radius 1 is 0.914 bits per heavy atom. The molecular weight excluding hydrogens is 443 g/mol. The maximum Gasteiger partial charge on any atom is 0.327 e. The van der Waals surface area contributed by atoms with Gasteiger partial charge in [-0.15, -0.1) is 0 Å². The number of amides is 2.